The monoisotopic (exact) mass is 520 g/mol. The number of carbonyl (C=O) groups is 2. The molecule has 1 spiro atoms. The lowest BCUT2D eigenvalue weighted by Crippen LogP contribution is -2.60. The van der Waals surface area contributed by atoms with E-state index >= 15 is 0 Å². The molecule has 2 aliphatic heterocycles. The zero-order chi connectivity index (χ0) is 26.7. The van der Waals surface area contributed by atoms with Crippen LogP contribution in [0.4, 0.5) is 13.2 Å². The van der Waals surface area contributed by atoms with Crippen LogP contribution in [0.3, 0.4) is 0 Å². The number of likely N-dealkylation sites (tertiary alicyclic amines) is 1. The van der Waals surface area contributed by atoms with E-state index in [9.17, 15) is 27.9 Å². The minimum Gasteiger partial charge on any atom is -0.491 e. The predicted molar refractivity (Wildman–Crippen MR) is 129 cm³/mol. The van der Waals surface area contributed by atoms with Crippen LogP contribution in [0, 0.1) is 5.41 Å². The van der Waals surface area contributed by atoms with E-state index in [1.54, 1.807) is 12.1 Å². The molecule has 10 heteroatoms. The van der Waals surface area contributed by atoms with E-state index in [1.165, 1.54) is 29.2 Å². The summed E-state index contributed by atoms with van der Waals surface area (Å²) in [7, 11) is 0.897. The van der Waals surface area contributed by atoms with Crippen LogP contribution in [0.1, 0.15) is 36.3 Å². The fourth-order valence-corrected chi connectivity index (χ4v) is 5.74. The van der Waals surface area contributed by atoms with Gasteiger partial charge in [0.15, 0.2) is 0 Å². The summed E-state index contributed by atoms with van der Waals surface area (Å²) in [5, 5.41) is 12.1. The van der Waals surface area contributed by atoms with E-state index in [0.29, 0.717) is 25.1 Å². The van der Waals surface area contributed by atoms with Crippen LogP contribution in [-0.2, 0) is 19.9 Å². The number of carbonyl (C=O) groups excluding carboxylic acids is 2. The molecule has 0 radical (unpaired) electrons. The van der Waals surface area contributed by atoms with Gasteiger partial charge >= 0.3 is 6.18 Å². The Morgan fingerprint density at radius 1 is 1.11 bits per heavy atom. The first kappa shape index (κ1) is 26.9. The Bertz CT molecular complexity index is 1100. The van der Waals surface area contributed by atoms with Crippen molar-refractivity contribution in [3.8, 4) is 5.75 Å². The SMILES string of the molecule is CO[C@@](C(=O)N1CCC2(CC1)CC(=O)NC[C@@H]2c1ccccc1OCCO)(c1ccccc1)C(F)(F)F. The fourth-order valence-electron chi connectivity index (χ4n) is 5.74. The smallest absolute Gasteiger partial charge is 0.430 e. The molecule has 2 atom stereocenters. The number of methoxy groups -OCH3 is 1. The maximum Gasteiger partial charge on any atom is 0.430 e. The van der Waals surface area contributed by atoms with E-state index < -0.39 is 23.1 Å². The van der Waals surface area contributed by atoms with E-state index in [1.807, 2.05) is 18.2 Å². The Labute approximate surface area is 213 Å². The number of amides is 2. The number of aliphatic hydroxyl groups excluding tert-OH is 1. The maximum absolute atomic E-state index is 14.4. The lowest BCUT2D eigenvalue weighted by Gasteiger charge is -2.50. The van der Waals surface area contributed by atoms with Crippen molar-refractivity contribution < 1.29 is 37.3 Å². The van der Waals surface area contributed by atoms with Crippen LogP contribution < -0.4 is 10.1 Å². The topological polar surface area (TPSA) is 88.1 Å². The molecule has 2 N–H and O–H groups in total. The Balaban J connectivity index is 1.62. The van der Waals surface area contributed by atoms with E-state index in [0.717, 1.165) is 12.7 Å². The van der Waals surface area contributed by atoms with Gasteiger partial charge in [-0.05, 0) is 29.9 Å². The molecule has 2 saturated heterocycles. The molecule has 2 aromatic carbocycles. The van der Waals surface area contributed by atoms with Gasteiger partial charge in [0.05, 0.1) is 6.61 Å². The molecule has 0 aliphatic carbocycles. The highest BCUT2D eigenvalue weighted by Gasteiger charge is 2.64. The number of benzene rings is 2. The second kappa shape index (κ2) is 10.7. The van der Waals surface area contributed by atoms with Gasteiger partial charge < -0.3 is 24.8 Å². The van der Waals surface area contributed by atoms with Crippen molar-refractivity contribution in [3.05, 3.63) is 65.7 Å². The zero-order valence-corrected chi connectivity index (χ0v) is 20.6. The van der Waals surface area contributed by atoms with Crippen molar-refractivity contribution in [2.75, 3.05) is 40.0 Å². The Morgan fingerprint density at radius 2 is 1.76 bits per heavy atom. The largest absolute Gasteiger partial charge is 0.491 e. The van der Waals surface area contributed by atoms with Gasteiger partial charge in [0.25, 0.3) is 11.5 Å². The first-order valence-corrected chi connectivity index (χ1v) is 12.2. The summed E-state index contributed by atoms with van der Waals surface area (Å²) >= 11 is 0. The van der Waals surface area contributed by atoms with Gasteiger partial charge in [0, 0.05) is 44.6 Å². The molecule has 0 saturated carbocycles. The molecule has 0 unspecified atom stereocenters. The van der Waals surface area contributed by atoms with Crippen molar-refractivity contribution in [1.82, 2.24) is 10.2 Å². The average Bonchev–Trinajstić information content (AvgIpc) is 2.89. The van der Waals surface area contributed by atoms with Gasteiger partial charge in [0.2, 0.25) is 5.91 Å². The summed E-state index contributed by atoms with van der Waals surface area (Å²) in [6.45, 7) is 0.411. The van der Waals surface area contributed by atoms with Crippen molar-refractivity contribution in [1.29, 1.82) is 0 Å². The number of aliphatic hydroxyl groups is 1. The molecule has 4 rings (SSSR count). The molecular weight excluding hydrogens is 489 g/mol. The second-order valence-electron chi connectivity index (χ2n) is 9.55. The minimum atomic E-state index is -4.98. The number of hydrogen-bond donors (Lipinski definition) is 2. The number of alkyl halides is 3. The number of piperidine rings is 2. The Hall–Kier alpha value is -3.11. The molecule has 200 valence electrons. The molecule has 2 aliphatic rings. The van der Waals surface area contributed by atoms with Gasteiger partial charge in [-0.15, -0.1) is 0 Å². The number of halogens is 3. The first-order valence-electron chi connectivity index (χ1n) is 12.2. The highest BCUT2D eigenvalue weighted by Crippen LogP contribution is 2.52. The first-order chi connectivity index (χ1) is 17.7. The van der Waals surface area contributed by atoms with E-state index in [2.05, 4.69) is 5.32 Å². The molecule has 37 heavy (non-hydrogen) atoms. The van der Waals surface area contributed by atoms with Crippen molar-refractivity contribution in [3.63, 3.8) is 0 Å². The van der Waals surface area contributed by atoms with Gasteiger partial charge in [0.1, 0.15) is 12.4 Å². The van der Waals surface area contributed by atoms with Crippen molar-refractivity contribution in [2.24, 2.45) is 5.41 Å². The zero-order valence-electron chi connectivity index (χ0n) is 20.6. The van der Waals surface area contributed by atoms with Gasteiger partial charge in [-0.25, -0.2) is 0 Å². The summed E-state index contributed by atoms with van der Waals surface area (Å²) in [4.78, 5) is 27.2. The van der Waals surface area contributed by atoms with E-state index in [-0.39, 0.29) is 50.1 Å². The molecule has 0 aromatic heterocycles. The summed E-state index contributed by atoms with van der Waals surface area (Å²) in [6.07, 6.45) is -4.10. The molecule has 7 nitrogen and oxygen atoms in total. The van der Waals surface area contributed by atoms with Gasteiger partial charge in [-0.2, -0.15) is 13.2 Å². The third-order valence-corrected chi connectivity index (χ3v) is 7.63. The van der Waals surface area contributed by atoms with Crippen LogP contribution in [-0.4, -0.2) is 68.0 Å². The lowest BCUT2D eigenvalue weighted by molar-refractivity contribution is -0.271. The van der Waals surface area contributed by atoms with Crippen LogP contribution in [0.25, 0.3) is 0 Å². The third kappa shape index (κ3) is 4.92. The summed E-state index contributed by atoms with van der Waals surface area (Å²) < 4.78 is 54.0. The van der Waals surface area contributed by atoms with E-state index in [4.69, 9.17) is 9.47 Å². The minimum absolute atomic E-state index is 0.0519. The summed E-state index contributed by atoms with van der Waals surface area (Å²) in [6, 6.07) is 14.3. The highest BCUT2D eigenvalue weighted by atomic mass is 19.4. The fraction of sp³-hybridized carbons (Fsp3) is 0.481. The molecule has 2 amide bonds. The predicted octanol–water partition coefficient (Wildman–Crippen LogP) is 3.37. The highest BCUT2D eigenvalue weighted by molar-refractivity contribution is 5.88. The summed E-state index contributed by atoms with van der Waals surface area (Å²) in [5.74, 6) is -0.862. The second-order valence-corrected chi connectivity index (χ2v) is 9.55. The van der Waals surface area contributed by atoms with Crippen LogP contribution in [0.15, 0.2) is 54.6 Å². The number of nitrogens with zero attached hydrogens (tertiary/aromatic N) is 1. The summed E-state index contributed by atoms with van der Waals surface area (Å²) in [5.41, 5.74) is -3.09. The Kier molecular flexibility index (Phi) is 7.80. The third-order valence-electron chi connectivity index (χ3n) is 7.63. The van der Waals surface area contributed by atoms with Crippen LogP contribution in [0.2, 0.25) is 0 Å². The number of para-hydroxylation sites is 1. The molecule has 0 bridgehead atoms. The van der Waals surface area contributed by atoms with Crippen LogP contribution in [0.5, 0.6) is 5.75 Å². The molecule has 2 heterocycles. The number of ether oxygens (including phenoxy) is 2. The average molecular weight is 521 g/mol. The van der Waals surface area contributed by atoms with Crippen molar-refractivity contribution in [2.45, 2.75) is 37.0 Å². The number of hydrogen-bond acceptors (Lipinski definition) is 5. The quantitative estimate of drug-likeness (QED) is 0.585. The molecule has 2 fully saturated rings. The molecular formula is C27H31F3N2O5. The number of rotatable bonds is 7. The van der Waals surface area contributed by atoms with Gasteiger partial charge in [-0.3, -0.25) is 9.59 Å². The van der Waals surface area contributed by atoms with Gasteiger partial charge in [-0.1, -0.05) is 48.5 Å². The lowest BCUT2D eigenvalue weighted by atomic mass is 9.62. The normalized spacial score (nSPS) is 21.3. The standard InChI is InChI=1S/C27H31F3N2O5/c1-36-26(27(28,29)30,19-7-3-2-4-8-19)24(35)32-13-11-25(12-14-32)17-23(34)31-18-21(25)20-9-5-6-10-22(20)37-16-15-33/h2-10,21,33H,11-18H2,1H3,(H,31,34)/t21-,26-/m1/s1. The molecule has 2 aromatic rings. The van der Waals surface area contributed by atoms with Crippen LogP contribution >= 0.6 is 0 Å². The number of nitrogens with one attached hydrogen (secondary N) is 1. The Morgan fingerprint density at radius 3 is 2.38 bits per heavy atom. The maximum atomic E-state index is 14.4. The van der Waals surface area contributed by atoms with Crippen molar-refractivity contribution >= 4 is 11.8 Å².